The first-order valence-corrected chi connectivity index (χ1v) is 11.4. The van der Waals surface area contributed by atoms with Gasteiger partial charge in [-0.15, -0.1) is 0 Å². The maximum absolute atomic E-state index is 12.7. The molecule has 1 N–H and O–H groups in total. The van der Waals surface area contributed by atoms with E-state index in [9.17, 15) is 4.79 Å². The average Bonchev–Trinajstić information content (AvgIpc) is 3.21. The van der Waals surface area contributed by atoms with Crippen LogP contribution < -0.4 is 19.7 Å². The number of amides is 1. The van der Waals surface area contributed by atoms with Crippen molar-refractivity contribution in [3.8, 4) is 11.5 Å². The normalized spacial score (nSPS) is 14.6. The van der Waals surface area contributed by atoms with E-state index in [2.05, 4.69) is 36.2 Å². The number of hydrogen-bond donors (Lipinski definition) is 1. The van der Waals surface area contributed by atoms with Crippen molar-refractivity contribution in [1.29, 1.82) is 0 Å². The zero-order valence-corrected chi connectivity index (χ0v) is 19.3. The van der Waals surface area contributed by atoms with Gasteiger partial charge in [0.1, 0.15) is 0 Å². The number of benzene rings is 2. The molecule has 31 heavy (non-hydrogen) atoms. The van der Waals surface area contributed by atoms with Crippen LogP contribution >= 0.6 is 11.3 Å². The average molecular weight is 440 g/mol. The topological polar surface area (TPSA) is 63.7 Å². The molecule has 164 valence electrons. The van der Waals surface area contributed by atoms with Gasteiger partial charge in [0.15, 0.2) is 16.6 Å². The van der Waals surface area contributed by atoms with Gasteiger partial charge in [-0.2, -0.15) is 0 Å². The second-order valence-electron chi connectivity index (χ2n) is 8.09. The number of piperidine rings is 1. The molecular weight excluding hydrogens is 410 g/mol. The molecule has 1 saturated heterocycles. The molecule has 1 aromatic heterocycles. The van der Waals surface area contributed by atoms with Crippen molar-refractivity contribution in [1.82, 2.24) is 10.3 Å². The van der Waals surface area contributed by atoms with E-state index < -0.39 is 0 Å². The highest BCUT2D eigenvalue weighted by molar-refractivity contribution is 7.22. The molecule has 0 aliphatic carbocycles. The summed E-state index contributed by atoms with van der Waals surface area (Å²) in [6.45, 7) is 6.43. The fraction of sp³-hybridized carbons (Fsp3) is 0.417. The molecule has 7 heteroatoms. The van der Waals surface area contributed by atoms with Crippen LogP contribution in [0.5, 0.6) is 11.5 Å². The Labute approximate surface area is 187 Å². The SMILES string of the molecule is COc1ccc(CNC(=O)C2CCN(c3nc4c(C)cc(C)cc4s3)CC2)cc1OC. The molecule has 1 aliphatic rings. The van der Waals surface area contributed by atoms with Crippen LogP contribution in [-0.4, -0.2) is 38.2 Å². The Morgan fingerprint density at radius 3 is 2.58 bits per heavy atom. The maximum atomic E-state index is 12.7. The van der Waals surface area contributed by atoms with E-state index in [1.165, 1.54) is 15.8 Å². The minimum Gasteiger partial charge on any atom is -0.493 e. The van der Waals surface area contributed by atoms with Crippen LogP contribution in [-0.2, 0) is 11.3 Å². The Kier molecular flexibility index (Phi) is 6.32. The molecule has 3 aromatic rings. The van der Waals surface area contributed by atoms with Gasteiger partial charge in [-0.05, 0) is 61.6 Å². The number of hydrogen-bond acceptors (Lipinski definition) is 6. The van der Waals surface area contributed by atoms with Crippen LogP contribution in [0.25, 0.3) is 10.2 Å². The lowest BCUT2D eigenvalue weighted by molar-refractivity contribution is -0.125. The molecular formula is C24H29N3O3S. The van der Waals surface area contributed by atoms with Crippen molar-refractivity contribution in [2.45, 2.75) is 33.2 Å². The van der Waals surface area contributed by atoms with Gasteiger partial charge in [-0.1, -0.05) is 23.5 Å². The third-order valence-corrected chi connectivity index (χ3v) is 6.93. The number of anilines is 1. The van der Waals surface area contributed by atoms with Gasteiger partial charge in [0, 0.05) is 25.6 Å². The highest BCUT2D eigenvalue weighted by atomic mass is 32.1. The predicted octanol–water partition coefficient (Wildman–Crippen LogP) is 4.46. The second-order valence-corrected chi connectivity index (χ2v) is 9.10. The molecule has 1 fully saturated rings. The van der Waals surface area contributed by atoms with E-state index in [4.69, 9.17) is 14.5 Å². The number of aromatic nitrogens is 1. The van der Waals surface area contributed by atoms with Crippen LogP contribution in [0.2, 0.25) is 0 Å². The molecule has 0 atom stereocenters. The number of thiazole rings is 1. The Balaban J connectivity index is 1.33. The first-order chi connectivity index (χ1) is 15.0. The molecule has 0 saturated carbocycles. The Bertz CT molecular complexity index is 1090. The molecule has 1 aliphatic heterocycles. The van der Waals surface area contributed by atoms with E-state index >= 15 is 0 Å². The van der Waals surface area contributed by atoms with Gasteiger partial charge in [0.25, 0.3) is 0 Å². The first kappa shape index (κ1) is 21.4. The molecule has 0 radical (unpaired) electrons. The van der Waals surface area contributed by atoms with E-state index in [1.54, 1.807) is 25.6 Å². The number of carbonyl (C=O) groups excluding carboxylic acids is 1. The number of nitrogens with one attached hydrogen (secondary N) is 1. The molecule has 1 amide bonds. The van der Waals surface area contributed by atoms with Gasteiger partial charge in [-0.3, -0.25) is 4.79 Å². The zero-order chi connectivity index (χ0) is 22.0. The largest absolute Gasteiger partial charge is 0.493 e. The van der Waals surface area contributed by atoms with E-state index in [1.807, 2.05) is 18.2 Å². The number of carbonyl (C=O) groups is 1. The van der Waals surface area contributed by atoms with E-state index in [0.29, 0.717) is 18.0 Å². The third kappa shape index (κ3) is 4.61. The third-order valence-electron chi connectivity index (χ3n) is 5.87. The number of ether oxygens (including phenoxy) is 2. The molecule has 0 bridgehead atoms. The minimum absolute atomic E-state index is 0.0368. The lowest BCUT2D eigenvalue weighted by atomic mass is 9.96. The second kappa shape index (κ2) is 9.14. The van der Waals surface area contributed by atoms with Gasteiger partial charge in [-0.25, -0.2) is 4.98 Å². The Morgan fingerprint density at radius 2 is 1.87 bits per heavy atom. The van der Waals surface area contributed by atoms with Crippen molar-refractivity contribution in [3.63, 3.8) is 0 Å². The van der Waals surface area contributed by atoms with E-state index in [0.717, 1.165) is 42.1 Å². The number of methoxy groups -OCH3 is 2. The Hall–Kier alpha value is -2.80. The van der Waals surface area contributed by atoms with Crippen molar-refractivity contribution in [3.05, 3.63) is 47.0 Å². The highest BCUT2D eigenvalue weighted by Crippen LogP contribution is 2.34. The number of nitrogens with zero attached hydrogens (tertiary/aromatic N) is 2. The van der Waals surface area contributed by atoms with Crippen molar-refractivity contribution in [2.75, 3.05) is 32.2 Å². The maximum Gasteiger partial charge on any atom is 0.223 e. The molecule has 0 unspecified atom stereocenters. The van der Waals surface area contributed by atoms with Crippen LogP contribution in [0.15, 0.2) is 30.3 Å². The molecule has 0 spiro atoms. The Morgan fingerprint density at radius 1 is 1.13 bits per heavy atom. The fourth-order valence-corrected chi connectivity index (χ4v) is 5.34. The van der Waals surface area contributed by atoms with Gasteiger partial charge in [0.05, 0.1) is 24.4 Å². The van der Waals surface area contributed by atoms with Crippen LogP contribution in [0, 0.1) is 19.8 Å². The summed E-state index contributed by atoms with van der Waals surface area (Å²) in [6, 6.07) is 10.1. The van der Waals surface area contributed by atoms with E-state index in [-0.39, 0.29) is 11.8 Å². The summed E-state index contributed by atoms with van der Waals surface area (Å²) in [6.07, 6.45) is 1.68. The smallest absolute Gasteiger partial charge is 0.223 e. The fourth-order valence-electron chi connectivity index (χ4n) is 4.15. The van der Waals surface area contributed by atoms with Gasteiger partial charge >= 0.3 is 0 Å². The van der Waals surface area contributed by atoms with Gasteiger partial charge < -0.3 is 19.7 Å². The van der Waals surface area contributed by atoms with Crippen LogP contribution in [0.1, 0.15) is 29.5 Å². The molecule has 4 rings (SSSR count). The lowest BCUT2D eigenvalue weighted by Gasteiger charge is -2.31. The lowest BCUT2D eigenvalue weighted by Crippen LogP contribution is -2.40. The van der Waals surface area contributed by atoms with Crippen LogP contribution in [0.3, 0.4) is 0 Å². The first-order valence-electron chi connectivity index (χ1n) is 10.6. The quantitative estimate of drug-likeness (QED) is 0.614. The van der Waals surface area contributed by atoms with Crippen molar-refractivity contribution < 1.29 is 14.3 Å². The van der Waals surface area contributed by atoms with Crippen molar-refractivity contribution >= 4 is 32.6 Å². The minimum atomic E-state index is 0.0368. The zero-order valence-electron chi connectivity index (χ0n) is 18.5. The van der Waals surface area contributed by atoms with Gasteiger partial charge in [0.2, 0.25) is 5.91 Å². The standard InChI is InChI=1S/C24H29N3O3S/c1-15-11-16(2)22-21(12-15)31-24(26-22)27-9-7-18(8-10-27)23(28)25-14-17-5-6-19(29-3)20(13-17)30-4/h5-6,11-13,18H,7-10,14H2,1-4H3,(H,25,28). The summed E-state index contributed by atoms with van der Waals surface area (Å²) in [5.41, 5.74) is 4.58. The number of fused-ring (bicyclic) bond motifs is 1. The summed E-state index contributed by atoms with van der Waals surface area (Å²) in [7, 11) is 3.23. The van der Waals surface area contributed by atoms with Crippen molar-refractivity contribution in [2.24, 2.45) is 5.92 Å². The highest BCUT2D eigenvalue weighted by Gasteiger charge is 2.26. The summed E-state index contributed by atoms with van der Waals surface area (Å²) in [4.78, 5) is 19.9. The summed E-state index contributed by atoms with van der Waals surface area (Å²) >= 11 is 1.75. The van der Waals surface area contributed by atoms with Crippen LogP contribution in [0.4, 0.5) is 5.13 Å². The predicted molar refractivity (Wildman–Crippen MR) is 125 cm³/mol. The molecule has 2 aromatic carbocycles. The number of rotatable bonds is 6. The molecule has 2 heterocycles. The molecule has 6 nitrogen and oxygen atoms in total. The summed E-state index contributed by atoms with van der Waals surface area (Å²) < 4.78 is 11.8. The monoisotopic (exact) mass is 439 g/mol. The summed E-state index contributed by atoms with van der Waals surface area (Å²) in [5, 5.41) is 4.14. The summed E-state index contributed by atoms with van der Waals surface area (Å²) in [5.74, 6) is 1.51. The number of aryl methyl sites for hydroxylation is 2.